The normalized spacial score (nSPS) is 16.8. The number of nitrogens with one attached hydrogen (secondary N) is 1. The Kier molecular flexibility index (Phi) is 4.86. The van der Waals surface area contributed by atoms with Crippen molar-refractivity contribution >= 4 is 33.6 Å². The van der Waals surface area contributed by atoms with Gasteiger partial charge < -0.3 is 5.32 Å². The lowest BCUT2D eigenvalue weighted by Crippen LogP contribution is -2.31. The van der Waals surface area contributed by atoms with Crippen LogP contribution in [-0.4, -0.2) is 28.9 Å². The van der Waals surface area contributed by atoms with Crippen molar-refractivity contribution in [3.63, 3.8) is 0 Å². The minimum Gasteiger partial charge on any atom is -0.352 e. The number of amides is 1. The molecule has 17 heavy (non-hydrogen) atoms. The molecule has 1 N–H and O–H groups in total. The molecule has 0 atom stereocenters. The first-order valence-corrected chi connectivity index (χ1v) is 7.68. The van der Waals surface area contributed by atoms with Gasteiger partial charge in [-0.3, -0.25) is 4.79 Å². The molecule has 0 spiro atoms. The Hall–Kier alpha value is -0.550. The number of pyridine rings is 1. The molecule has 2 rings (SSSR count). The Bertz CT molecular complexity index is 377. The van der Waals surface area contributed by atoms with Crippen molar-refractivity contribution in [3.8, 4) is 0 Å². The highest BCUT2D eigenvalue weighted by Gasteiger charge is 2.15. The van der Waals surface area contributed by atoms with Crippen LogP contribution in [0.15, 0.2) is 22.9 Å². The second-order valence-corrected chi connectivity index (χ2v) is 6.17. The third-order valence-electron chi connectivity index (χ3n) is 2.88. The van der Waals surface area contributed by atoms with Gasteiger partial charge in [-0.2, -0.15) is 11.8 Å². The number of carbonyl (C=O) groups is 1. The third kappa shape index (κ3) is 4.00. The van der Waals surface area contributed by atoms with Gasteiger partial charge in [-0.1, -0.05) is 0 Å². The van der Waals surface area contributed by atoms with E-state index >= 15 is 0 Å². The monoisotopic (exact) mass is 314 g/mol. The SMILES string of the molecule is O=C(NCC1CCSCC1)c1ccc(Br)nc1. The lowest BCUT2D eigenvalue weighted by molar-refractivity contribution is 0.0946. The van der Waals surface area contributed by atoms with Crippen molar-refractivity contribution in [3.05, 3.63) is 28.5 Å². The highest BCUT2D eigenvalue weighted by Crippen LogP contribution is 2.21. The summed E-state index contributed by atoms with van der Waals surface area (Å²) in [5.41, 5.74) is 0.624. The second-order valence-electron chi connectivity index (χ2n) is 4.14. The van der Waals surface area contributed by atoms with E-state index in [0.29, 0.717) is 11.5 Å². The predicted molar refractivity (Wildman–Crippen MR) is 74.3 cm³/mol. The van der Waals surface area contributed by atoms with E-state index in [9.17, 15) is 4.79 Å². The van der Waals surface area contributed by atoms with Crippen LogP contribution in [0.25, 0.3) is 0 Å². The average molecular weight is 315 g/mol. The van der Waals surface area contributed by atoms with Gasteiger partial charge in [0.05, 0.1) is 5.56 Å². The molecule has 92 valence electrons. The molecule has 0 aliphatic carbocycles. The first-order valence-electron chi connectivity index (χ1n) is 5.73. The standard InChI is InChI=1S/C12H15BrN2OS/c13-11-2-1-10(8-14-11)12(16)15-7-9-3-5-17-6-4-9/h1-2,8-9H,3-7H2,(H,15,16). The summed E-state index contributed by atoms with van der Waals surface area (Å²) < 4.78 is 0.748. The summed E-state index contributed by atoms with van der Waals surface area (Å²) in [6, 6.07) is 3.56. The highest BCUT2D eigenvalue weighted by atomic mass is 79.9. The number of hydrogen-bond acceptors (Lipinski definition) is 3. The van der Waals surface area contributed by atoms with Gasteiger partial charge in [0.25, 0.3) is 5.91 Å². The molecule has 1 aliphatic rings. The second kappa shape index (κ2) is 6.40. The van der Waals surface area contributed by atoms with Gasteiger partial charge in [-0.15, -0.1) is 0 Å². The molecule has 1 fully saturated rings. The van der Waals surface area contributed by atoms with E-state index in [0.717, 1.165) is 11.1 Å². The minimum absolute atomic E-state index is 0.0248. The van der Waals surface area contributed by atoms with Gasteiger partial charge in [0.2, 0.25) is 0 Å². The van der Waals surface area contributed by atoms with Crippen molar-refractivity contribution in [1.29, 1.82) is 0 Å². The van der Waals surface area contributed by atoms with E-state index < -0.39 is 0 Å². The van der Waals surface area contributed by atoms with Gasteiger partial charge >= 0.3 is 0 Å². The van der Waals surface area contributed by atoms with Crippen LogP contribution in [0.5, 0.6) is 0 Å². The number of hydrogen-bond donors (Lipinski definition) is 1. The summed E-state index contributed by atoms with van der Waals surface area (Å²) in [7, 11) is 0. The molecular weight excluding hydrogens is 300 g/mol. The zero-order chi connectivity index (χ0) is 12.1. The molecule has 1 amide bonds. The molecule has 1 aromatic heterocycles. The number of aromatic nitrogens is 1. The van der Waals surface area contributed by atoms with Gasteiger partial charge in [-0.05, 0) is 58.3 Å². The fraction of sp³-hybridized carbons (Fsp3) is 0.500. The molecule has 0 unspecified atom stereocenters. The molecule has 0 bridgehead atoms. The average Bonchev–Trinajstić information content (AvgIpc) is 2.38. The predicted octanol–water partition coefficient (Wildman–Crippen LogP) is 2.72. The Morgan fingerprint density at radius 3 is 2.88 bits per heavy atom. The maximum atomic E-state index is 11.8. The summed E-state index contributed by atoms with van der Waals surface area (Å²) >= 11 is 5.25. The third-order valence-corrected chi connectivity index (χ3v) is 4.40. The number of halogens is 1. The first kappa shape index (κ1) is 12.9. The highest BCUT2D eigenvalue weighted by molar-refractivity contribution is 9.10. The van der Waals surface area contributed by atoms with E-state index in [1.165, 1.54) is 24.3 Å². The first-order chi connectivity index (χ1) is 8.25. The molecule has 1 saturated heterocycles. The van der Waals surface area contributed by atoms with Crippen LogP contribution >= 0.6 is 27.7 Å². The maximum absolute atomic E-state index is 11.8. The van der Waals surface area contributed by atoms with Gasteiger partial charge in [-0.25, -0.2) is 4.98 Å². The van der Waals surface area contributed by atoms with Crippen LogP contribution in [0.3, 0.4) is 0 Å². The van der Waals surface area contributed by atoms with Crippen LogP contribution in [0, 0.1) is 5.92 Å². The Morgan fingerprint density at radius 1 is 1.47 bits per heavy atom. The molecule has 5 heteroatoms. The largest absolute Gasteiger partial charge is 0.352 e. The fourth-order valence-electron chi connectivity index (χ4n) is 1.80. The van der Waals surface area contributed by atoms with Crippen molar-refractivity contribution in [1.82, 2.24) is 10.3 Å². The smallest absolute Gasteiger partial charge is 0.252 e. The van der Waals surface area contributed by atoms with Gasteiger partial charge in [0.15, 0.2) is 0 Å². The van der Waals surface area contributed by atoms with Crippen molar-refractivity contribution < 1.29 is 4.79 Å². The van der Waals surface area contributed by atoms with Crippen LogP contribution in [0.4, 0.5) is 0 Å². The minimum atomic E-state index is -0.0248. The number of rotatable bonds is 3. The molecule has 2 heterocycles. The van der Waals surface area contributed by atoms with Crippen molar-refractivity contribution in [2.75, 3.05) is 18.1 Å². The van der Waals surface area contributed by atoms with Gasteiger partial charge in [0, 0.05) is 12.7 Å². The van der Waals surface area contributed by atoms with Crippen molar-refractivity contribution in [2.24, 2.45) is 5.92 Å². The van der Waals surface area contributed by atoms with E-state index in [4.69, 9.17) is 0 Å². The molecule has 0 aromatic carbocycles. The maximum Gasteiger partial charge on any atom is 0.252 e. The summed E-state index contributed by atoms with van der Waals surface area (Å²) in [6.45, 7) is 0.787. The zero-order valence-corrected chi connectivity index (χ0v) is 11.9. The van der Waals surface area contributed by atoms with E-state index in [1.807, 2.05) is 11.8 Å². The molecule has 0 radical (unpaired) electrons. The van der Waals surface area contributed by atoms with Crippen LogP contribution in [-0.2, 0) is 0 Å². The summed E-state index contributed by atoms with van der Waals surface area (Å²) in [5.74, 6) is 3.06. The zero-order valence-electron chi connectivity index (χ0n) is 9.49. The summed E-state index contributed by atoms with van der Waals surface area (Å²) in [6.07, 6.45) is 4.02. The van der Waals surface area contributed by atoms with E-state index in [1.54, 1.807) is 18.3 Å². The van der Waals surface area contributed by atoms with Crippen LogP contribution in [0.1, 0.15) is 23.2 Å². The van der Waals surface area contributed by atoms with Crippen LogP contribution in [0.2, 0.25) is 0 Å². The Labute approximate surface area is 114 Å². The number of nitrogens with zero attached hydrogens (tertiary/aromatic N) is 1. The molecule has 1 aromatic rings. The summed E-state index contributed by atoms with van der Waals surface area (Å²) in [4.78, 5) is 15.9. The Morgan fingerprint density at radius 2 is 2.24 bits per heavy atom. The molecular formula is C12H15BrN2OS. The lowest BCUT2D eigenvalue weighted by atomic mass is 10.0. The molecule has 0 saturated carbocycles. The number of thioether (sulfide) groups is 1. The lowest BCUT2D eigenvalue weighted by Gasteiger charge is -2.21. The fourth-order valence-corrected chi connectivity index (χ4v) is 3.24. The summed E-state index contributed by atoms with van der Waals surface area (Å²) in [5, 5.41) is 2.98. The van der Waals surface area contributed by atoms with E-state index in [-0.39, 0.29) is 5.91 Å². The van der Waals surface area contributed by atoms with Crippen LogP contribution < -0.4 is 5.32 Å². The topological polar surface area (TPSA) is 42.0 Å². The van der Waals surface area contributed by atoms with E-state index in [2.05, 4.69) is 26.2 Å². The molecule has 3 nitrogen and oxygen atoms in total. The Balaban J connectivity index is 1.82. The van der Waals surface area contributed by atoms with Crippen molar-refractivity contribution in [2.45, 2.75) is 12.8 Å². The quantitative estimate of drug-likeness (QED) is 0.872. The van der Waals surface area contributed by atoms with Gasteiger partial charge in [0.1, 0.15) is 4.60 Å². The number of carbonyl (C=O) groups excluding carboxylic acids is 1. The molecule has 1 aliphatic heterocycles.